The number of aryl methyl sites for hydroxylation is 3. The maximum Gasteiger partial charge on any atom is 0.647 e. The summed E-state index contributed by atoms with van der Waals surface area (Å²) >= 11 is 0. The van der Waals surface area contributed by atoms with E-state index in [0.29, 0.717) is 17.2 Å². The molecule has 0 N–H and O–H groups in total. The molecule has 0 aliphatic carbocycles. The number of phosphoric ester groups is 1. The first kappa shape index (κ1) is 23.1. The minimum Gasteiger partial charge on any atom is -0.386 e. The summed E-state index contributed by atoms with van der Waals surface area (Å²) in [5.41, 5.74) is 2.53. The highest BCUT2D eigenvalue weighted by Gasteiger charge is 2.34. The van der Waals surface area contributed by atoms with Crippen molar-refractivity contribution in [2.75, 3.05) is 0 Å². The highest BCUT2D eigenvalue weighted by atomic mass is 31.2. The molecule has 1 heterocycles. The zero-order valence-electron chi connectivity index (χ0n) is 18.3. The highest BCUT2D eigenvalue weighted by Crippen LogP contribution is 2.51. The average Bonchev–Trinajstić information content (AvgIpc) is 2.80. The van der Waals surface area contributed by atoms with Crippen LogP contribution in [0.25, 0.3) is 0 Å². The Kier molecular flexibility index (Phi) is 8.07. The highest BCUT2D eigenvalue weighted by molar-refractivity contribution is 7.49. The van der Waals surface area contributed by atoms with E-state index in [-0.39, 0.29) is 0 Å². The van der Waals surface area contributed by atoms with Crippen LogP contribution in [0, 0.1) is 20.8 Å². The molecule has 0 fully saturated rings. The molecule has 4 aromatic rings. The van der Waals surface area contributed by atoms with Gasteiger partial charge in [-0.15, -0.1) is 0 Å². The number of benzene rings is 3. The summed E-state index contributed by atoms with van der Waals surface area (Å²) in [4.78, 5) is 3.78. The summed E-state index contributed by atoms with van der Waals surface area (Å²) < 4.78 is 30.8. The van der Waals surface area contributed by atoms with Crippen LogP contribution in [0.1, 0.15) is 16.7 Å². The zero-order valence-corrected chi connectivity index (χ0v) is 19.2. The summed E-state index contributed by atoms with van der Waals surface area (Å²) in [7, 11) is -3.97. The number of para-hydroxylation sites is 3. The van der Waals surface area contributed by atoms with Gasteiger partial charge in [0, 0.05) is 12.4 Å². The van der Waals surface area contributed by atoms with E-state index in [9.17, 15) is 4.57 Å². The Labute approximate surface area is 189 Å². The van der Waals surface area contributed by atoms with E-state index in [1.165, 1.54) is 0 Å². The van der Waals surface area contributed by atoms with E-state index in [0.717, 1.165) is 16.7 Å². The monoisotopic (exact) mass is 447 g/mol. The summed E-state index contributed by atoms with van der Waals surface area (Å²) in [6.07, 6.45) is 3.50. The third-order valence-electron chi connectivity index (χ3n) is 4.48. The second-order valence-electron chi connectivity index (χ2n) is 7.04. The Balaban J connectivity index is 0.000000416. The summed E-state index contributed by atoms with van der Waals surface area (Å²) in [5, 5.41) is 0. The lowest BCUT2D eigenvalue weighted by atomic mass is 10.2. The maximum absolute atomic E-state index is 13.5. The summed E-state index contributed by atoms with van der Waals surface area (Å²) in [6.45, 7) is 5.63. The van der Waals surface area contributed by atoms with E-state index in [2.05, 4.69) is 4.98 Å². The van der Waals surface area contributed by atoms with Crippen molar-refractivity contribution in [2.45, 2.75) is 20.8 Å². The summed E-state index contributed by atoms with van der Waals surface area (Å²) in [5.74, 6) is 1.37. The van der Waals surface area contributed by atoms with Crippen LogP contribution in [0.5, 0.6) is 17.2 Å². The molecule has 3 aromatic carbocycles. The van der Waals surface area contributed by atoms with E-state index in [1.54, 1.807) is 30.6 Å². The van der Waals surface area contributed by atoms with Crippen LogP contribution in [0.2, 0.25) is 0 Å². The first-order valence-corrected chi connectivity index (χ1v) is 11.6. The van der Waals surface area contributed by atoms with E-state index in [4.69, 9.17) is 13.6 Å². The molecule has 0 aliphatic heterocycles. The molecule has 164 valence electrons. The minimum absolute atomic E-state index is 0.456. The molecule has 6 heteroatoms. The molecule has 0 saturated carbocycles. The van der Waals surface area contributed by atoms with Gasteiger partial charge in [0.2, 0.25) is 0 Å². The number of phosphoric acid groups is 1. The number of pyridine rings is 1. The van der Waals surface area contributed by atoms with Crippen molar-refractivity contribution in [3.05, 3.63) is 120 Å². The van der Waals surface area contributed by atoms with Gasteiger partial charge in [0.15, 0.2) is 0 Å². The third-order valence-corrected chi connectivity index (χ3v) is 5.74. The molecule has 0 radical (unpaired) electrons. The SMILES string of the molecule is Cc1ccccc1OP(=O)(Oc1ccccc1C)Oc1ccccc1C.c1ccncc1. The molecule has 0 aliphatic rings. The van der Waals surface area contributed by atoms with E-state index < -0.39 is 7.82 Å². The van der Waals surface area contributed by atoms with Gasteiger partial charge in [-0.05, 0) is 67.8 Å². The molecule has 4 rings (SSSR count). The second-order valence-corrected chi connectivity index (χ2v) is 8.48. The molecule has 0 atom stereocenters. The van der Waals surface area contributed by atoms with Gasteiger partial charge < -0.3 is 13.6 Å². The van der Waals surface area contributed by atoms with Gasteiger partial charge in [0.1, 0.15) is 17.2 Å². The standard InChI is InChI=1S/C21H21O4P.C5H5N/c1-16-10-4-7-13-19(16)23-26(22,24-20-14-8-5-11-17(20)2)25-21-15-9-6-12-18(21)3;1-2-4-6-5-3-1/h4-15H,1-3H3;1-5H. The average molecular weight is 447 g/mol. The van der Waals surface area contributed by atoms with Gasteiger partial charge in [-0.3, -0.25) is 4.98 Å². The topological polar surface area (TPSA) is 57.7 Å². The molecule has 0 amide bonds. The lowest BCUT2D eigenvalue weighted by Crippen LogP contribution is -2.09. The van der Waals surface area contributed by atoms with Crippen molar-refractivity contribution in [1.82, 2.24) is 4.98 Å². The number of nitrogens with zero attached hydrogens (tertiary/aromatic N) is 1. The third kappa shape index (κ3) is 6.73. The number of aromatic nitrogens is 1. The van der Waals surface area contributed by atoms with Crippen LogP contribution >= 0.6 is 7.82 Å². The first-order valence-electron chi connectivity index (χ1n) is 10.2. The molecule has 1 aromatic heterocycles. The van der Waals surface area contributed by atoms with Crippen LogP contribution in [0.15, 0.2) is 103 Å². The van der Waals surface area contributed by atoms with Crippen molar-refractivity contribution >= 4 is 7.82 Å². The Hall–Kier alpha value is -3.56. The van der Waals surface area contributed by atoms with Crippen LogP contribution < -0.4 is 13.6 Å². The lowest BCUT2D eigenvalue weighted by molar-refractivity contribution is 0.296. The van der Waals surface area contributed by atoms with Crippen LogP contribution in [0.3, 0.4) is 0 Å². The van der Waals surface area contributed by atoms with Crippen LogP contribution in [0.4, 0.5) is 0 Å². The van der Waals surface area contributed by atoms with Gasteiger partial charge >= 0.3 is 7.82 Å². The van der Waals surface area contributed by atoms with Crippen LogP contribution in [-0.2, 0) is 4.57 Å². The second kappa shape index (κ2) is 11.2. The normalized spacial score (nSPS) is 10.5. The first-order chi connectivity index (χ1) is 15.5. The molecule has 0 unspecified atom stereocenters. The zero-order chi connectivity index (χ0) is 22.8. The molecular formula is C26H26NO4P. The van der Waals surface area contributed by atoms with Crippen molar-refractivity contribution in [3.63, 3.8) is 0 Å². The quantitative estimate of drug-likeness (QED) is 0.290. The van der Waals surface area contributed by atoms with Gasteiger partial charge in [-0.1, -0.05) is 60.7 Å². The number of rotatable bonds is 6. The molecule has 5 nitrogen and oxygen atoms in total. The van der Waals surface area contributed by atoms with Crippen molar-refractivity contribution in [1.29, 1.82) is 0 Å². The number of hydrogen-bond donors (Lipinski definition) is 0. The van der Waals surface area contributed by atoms with Crippen molar-refractivity contribution < 1.29 is 18.1 Å². The lowest BCUT2D eigenvalue weighted by Gasteiger charge is -2.21. The largest absolute Gasteiger partial charge is 0.647 e. The van der Waals surface area contributed by atoms with Crippen LogP contribution in [-0.4, -0.2) is 4.98 Å². The Bertz CT molecular complexity index is 1030. The molecular weight excluding hydrogens is 421 g/mol. The smallest absolute Gasteiger partial charge is 0.386 e. The van der Waals surface area contributed by atoms with Gasteiger partial charge in [-0.25, -0.2) is 0 Å². The van der Waals surface area contributed by atoms with Gasteiger partial charge in [0.05, 0.1) is 0 Å². The van der Waals surface area contributed by atoms with E-state index in [1.807, 2.05) is 93.6 Å². The molecule has 0 spiro atoms. The van der Waals surface area contributed by atoms with Crippen molar-refractivity contribution in [2.24, 2.45) is 0 Å². The fraction of sp³-hybridized carbons (Fsp3) is 0.115. The Morgan fingerprint density at radius 1 is 0.531 bits per heavy atom. The fourth-order valence-corrected chi connectivity index (χ4v) is 4.16. The maximum atomic E-state index is 13.5. The molecule has 0 bridgehead atoms. The Morgan fingerprint density at radius 3 is 1.12 bits per heavy atom. The molecule has 32 heavy (non-hydrogen) atoms. The minimum atomic E-state index is -3.97. The van der Waals surface area contributed by atoms with Gasteiger partial charge in [0.25, 0.3) is 0 Å². The Morgan fingerprint density at radius 2 is 0.875 bits per heavy atom. The predicted molar refractivity (Wildman–Crippen MR) is 127 cm³/mol. The molecule has 0 saturated heterocycles. The van der Waals surface area contributed by atoms with Crippen molar-refractivity contribution in [3.8, 4) is 17.2 Å². The fourth-order valence-electron chi connectivity index (χ4n) is 2.71. The van der Waals surface area contributed by atoms with Gasteiger partial charge in [-0.2, -0.15) is 4.57 Å². The summed E-state index contributed by atoms with van der Waals surface area (Å²) in [6, 6.07) is 27.7. The number of hydrogen-bond acceptors (Lipinski definition) is 5. The van der Waals surface area contributed by atoms with E-state index >= 15 is 0 Å². The predicted octanol–water partition coefficient (Wildman–Crippen LogP) is 7.34.